The largest absolute Gasteiger partial charge is 0.392 e. The number of nitrogens with one attached hydrogen (secondary N) is 2. The lowest BCUT2D eigenvalue weighted by Crippen LogP contribution is -2.30. The van der Waals surface area contributed by atoms with Gasteiger partial charge in [0.2, 0.25) is 0 Å². The van der Waals surface area contributed by atoms with Gasteiger partial charge in [-0.2, -0.15) is 5.10 Å². The Morgan fingerprint density at radius 2 is 1.89 bits per heavy atom. The number of aromatic nitrogens is 3. The minimum atomic E-state index is -0.693. The van der Waals surface area contributed by atoms with Crippen LogP contribution in [-0.4, -0.2) is 44.2 Å². The zero-order valence-electron chi connectivity index (χ0n) is 19.3. The van der Waals surface area contributed by atoms with E-state index in [2.05, 4.69) is 15.5 Å². The predicted molar refractivity (Wildman–Crippen MR) is 135 cm³/mol. The fraction of sp³-hybridized carbons (Fsp3) is 0.231. The fourth-order valence-corrected chi connectivity index (χ4v) is 4.16. The molecule has 2 aromatic carbocycles. The third-order valence-electron chi connectivity index (χ3n) is 5.63. The fourth-order valence-electron chi connectivity index (χ4n) is 3.98. The lowest BCUT2D eigenvalue weighted by atomic mass is 9.94. The molecular weight excluding hydrogens is 468 g/mol. The van der Waals surface area contributed by atoms with Gasteiger partial charge in [-0.05, 0) is 42.1 Å². The molecule has 0 saturated heterocycles. The maximum absolute atomic E-state index is 13.6. The Labute approximate surface area is 206 Å². The van der Waals surface area contributed by atoms with Gasteiger partial charge in [-0.3, -0.25) is 24.0 Å². The molecule has 8 nitrogen and oxygen atoms in total. The summed E-state index contributed by atoms with van der Waals surface area (Å²) in [6.07, 6.45) is -0.498. The number of carbonyl (C=O) groups is 2. The van der Waals surface area contributed by atoms with Gasteiger partial charge in [0.15, 0.2) is 5.78 Å². The van der Waals surface area contributed by atoms with E-state index in [1.165, 1.54) is 10.6 Å². The van der Waals surface area contributed by atoms with Gasteiger partial charge in [-0.15, -0.1) is 0 Å². The molecule has 35 heavy (non-hydrogen) atoms. The normalized spacial score (nSPS) is 12.0. The van der Waals surface area contributed by atoms with Crippen molar-refractivity contribution in [2.75, 3.05) is 6.54 Å². The second-order valence-electron chi connectivity index (χ2n) is 8.29. The first kappa shape index (κ1) is 24.4. The molecule has 0 radical (unpaired) electrons. The van der Waals surface area contributed by atoms with Crippen molar-refractivity contribution in [1.82, 2.24) is 20.1 Å². The zero-order chi connectivity index (χ0) is 25.1. The number of carbonyl (C=O) groups excluding carboxylic acids is 2. The van der Waals surface area contributed by atoms with Crippen molar-refractivity contribution in [2.45, 2.75) is 32.9 Å². The molecule has 9 heteroatoms. The van der Waals surface area contributed by atoms with Crippen LogP contribution in [0.4, 0.5) is 0 Å². The van der Waals surface area contributed by atoms with Gasteiger partial charge in [0.25, 0.3) is 11.5 Å². The summed E-state index contributed by atoms with van der Waals surface area (Å²) in [5.74, 6) is -0.652. The lowest BCUT2D eigenvalue weighted by Gasteiger charge is -2.19. The molecule has 1 atom stereocenters. The van der Waals surface area contributed by atoms with Crippen molar-refractivity contribution in [1.29, 1.82) is 0 Å². The SMILES string of the molecule is CCC(=O)c1c(-c2ccccc2)c2cc(Cl)ccc2c(=O)n1Cc1cc(C(=O)NCC(C)O)n[nH]1. The van der Waals surface area contributed by atoms with Crippen LogP contribution in [0.2, 0.25) is 5.02 Å². The van der Waals surface area contributed by atoms with E-state index in [1.807, 2.05) is 30.3 Å². The van der Waals surface area contributed by atoms with Crippen LogP contribution in [0.15, 0.2) is 59.4 Å². The number of rotatable bonds is 8. The summed E-state index contributed by atoms with van der Waals surface area (Å²) in [7, 11) is 0. The molecule has 1 amide bonds. The summed E-state index contributed by atoms with van der Waals surface area (Å²) in [4.78, 5) is 39.2. The van der Waals surface area contributed by atoms with E-state index in [1.54, 1.807) is 32.0 Å². The Bertz CT molecular complexity index is 1460. The summed E-state index contributed by atoms with van der Waals surface area (Å²) in [6, 6.07) is 15.9. The molecule has 3 N–H and O–H groups in total. The van der Waals surface area contributed by atoms with Crippen molar-refractivity contribution in [3.63, 3.8) is 0 Å². The molecule has 2 aromatic heterocycles. The maximum Gasteiger partial charge on any atom is 0.271 e. The van der Waals surface area contributed by atoms with Crippen molar-refractivity contribution in [3.8, 4) is 11.1 Å². The summed E-state index contributed by atoms with van der Waals surface area (Å²) in [5.41, 5.74) is 1.94. The average Bonchev–Trinajstić information content (AvgIpc) is 3.32. The number of hydrogen-bond donors (Lipinski definition) is 3. The van der Waals surface area contributed by atoms with Crippen LogP contribution in [0.5, 0.6) is 0 Å². The summed E-state index contributed by atoms with van der Waals surface area (Å²) >= 11 is 6.28. The Morgan fingerprint density at radius 1 is 1.14 bits per heavy atom. The number of Topliss-reactive ketones (excluding diaryl/α,β-unsaturated/α-hetero) is 1. The summed E-state index contributed by atoms with van der Waals surface area (Å²) in [6.45, 7) is 3.40. The molecule has 0 fully saturated rings. The molecule has 4 rings (SSSR count). The predicted octanol–water partition coefficient (Wildman–Crippen LogP) is 3.80. The Balaban J connectivity index is 1.90. The van der Waals surface area contributed by atoms with Gasteiger partial charge in [-0.25, -0.2) is 0 Å². The third kappa shape index (κ3) is 5.03. The molecule has 0 aliphatic rings. The van der Waals surface area contributed by atoms with Gasteiger partial charge in [-0.1, -0.05) is 48.9 Å². The number of H-pyrrole nitrogens is 1. The third-order valence-corrected chi connectivity index (χ3v) is 5.87. The van der Waals surface area contributed by atoms with Gasteiger partial charge in [0.05, 0.1) is 24.0 Å². The van der Waals surface area contributed by atoms with E-state index in [-0.39, 0.29) is 42.2 Å². The second kappa shape index (κ2) is 10.2. The highest BCUT2D eigenvalue weighted by Gasteiger charge is 2.23. The number of aromatic amines is 1. The quantitative estimate of drug-likeness (QED) is 0.323. The van der Waals surface area contributed by atoms with E-state index < -0.39 is 12.0 Å². The number of aliphatic hydroxyl groups is 1. The average molecular weight is 493 g/mol. The van der Waals surface area contributed by atoms with Crippen LogP contribution in [0.3, 0.4) is 0 Å². The molecule has 0 spiro atoms. The van der Waals surface area contributed by atoms with E-state index in [0.29, 0.717) is 27.1 Å². The van der Waals surface area contributed by atoms with Gasteiger partial charge in [0.1, 0.15) is 5.69 Å². The molecule has 180 valence electrons. The molecular formula is C26H25ClN4O4. The number of aliphatic hydroxyl groups excluding tert-OH is 1. The highest BCUT2D eigenvalue weighted by atomic mass is 35.5. The first-order valence-electron chi connectivity index (χ1n) is 11.2. The van der Waals surface area contributed by atoms with Crippen LogP contribution < -0.4 is 10.9 Å². The number of halogens is 1. The van der Waals surface area contributed by atoms with Crippen molar-refractivity contribution in [3.05, 3.63) is 87.1 Å². The smallest absolute Gasteiger partial charge is 0.271 e. The lowest BCUT2D eigenvalue weighted by molar-refractivity contribution is 0.0918. The first-order chi connectivity index (χ1) is 16.8. The van der Waals surface area contributed by atoms with Crippen LogP contribution in [-0.2, 0) is 6.54 Å². The van der Waals surface area contributed by atoms with E-state index >= 15 is 0 Å². The summed E-state index contributed by atoms with van der Waals surface area (Å²) in [5, 5.41) is 20.3. The first-order valence-corrected chi connectivity index (χ1v) is 11.6. The number of benzene rings is 2. The van der Waals surface area contributed by atoms with E-state index in [0.717, 1.165) is 5.56 Å². The topological polar surface area (TPSA) is 117 Å². The number of ketones is 1. The molecule has 0 bridgehead atoms. The molecule has 1 unspecified atom stereocenters. The number of amides is 1. The highest BCUT2D eigenvalue weighted by Crippen LogP contribution is 2.33. The van der Waals surface area contributed by atoms with Crippen LogP contribution in [0.1, 0.15) is 46.9 Å². The molecule has 4 aromatic rings. The van der Waals surface area contributed by atoms with Gasteiger partial charge >= 0.3 is 0 Å². The minimum absolute atomic E-state index is 0.00892. The number of hydrogen-bond acceptors (Lipinski definition) is 5. The number of pyridine rings is 1. The van der Waals surface area contributed by atoms with Crippen LogP contribution in [0, 0.1) is 0 Å². The monoisotopic (exact) mass is 492 g/mol. The minimum Gasteiger partial charge on any atom is -0.392 e. The molecule has 0 saturated carbocycles. The number of nitrogens with zero attached hydrogens (tertiary/aromatic N) is 2. The zero-order valence-corrected chi connectivity index (χ0v) is 20.1. The van der Waals surface area contributed by atoms with Crippen molar-refractivity contribution < 1.29 is 14.7 Å². The molecule has 0 aliphatic heterocycles. The Hall–Kier alpha value is -3.75. The van der Waals surface area contributed by atoms with Crippen LogP contribution in [0.25, 0.3) is 21.9 Å². The van der Waals surface area contributed by atoms with Gasteiger partial charge < -0.3 is 10.4 Å². The van der Waals surface area contributed by atoms with Crippen LogP contribution >= 0.6 is 11.6 Å². The highest BCUT2D eigenvalue weighted by molar-refractivity contribution is 6.31. The standard InChI is InChI=1S/C26H25ClN4O4/c1-3-22(33)24-23(16-7-5-4-6-8-16)20-11-17(27)9-10-19(20)26(35)31(24)14-18-12-21(30-29-18)25(34)28-13-15(2)32/h4-12,15,32H,3,13-14H2,1-2H3,(H,28,34)(H,29,30). The van der Waals surface area contributed by atoms with Crippen molar-refractivity contribution >= 4 is 34.1 Å². The maximum atomic E-state index is 13.6. The Morgan fingerprint density at radius 3 is 2.57 bits per heavy atom. The van der Waals surface area contributed by atoms with E-state index in [4.69, 9.17) is 11.6 Å². The van der Waals surface area contributed by atoms with Gasteiger partial charge in [0, 0.05) is 28.9 Å². The Kier molecular flexibility index (Phi) is 7.14. The molecule has 2 heterocycles. The number of fused-ring (bicyclic) bond motifs is 1. The second-order valence-corrected chi connectivity index (χ2v) is 8.72. The van der Waals surface area contributed by atoms with Crippen molar-refractivity contribution in [2.24, 2.45) is 0 Å². The summed E-state index contributed by atoms with van der Waals surface area (Å²) < 4.78 is 1.43. The van der Waals surface area contributed by atoms with E-state index in [9.17, 15) is 19.5 Å². The molecule has 0 aliphatic carbocycles.